The van der Waals surface area contributed by atoms with Crippen molar-refractivity contribution in [1.82, 2.24) is 4.72 Å². The first-order valence-corrected chi connectivity index (χ1v) is 8.24. The molecule has 0 aliphatic heterocycles. The minimum Gasteiger partial charge on any atom is -0.468 e. The van der Waals surface area contributed by atoms with E-state index in [1.54, 1.807) is 12.1 Å². The number of ether oxygens (including phenoxy) is 1. The summed E-state index contributed by atoms with van der Waals surface area (Å²) in [4.78, 5) is 11.9. The maximum absolute atomic E-state index is 13.9. The number of hydrogen-bond donors (Lipinski definition) is 1. The van der Waals surface area contributed by atoms with E-state index in [2.05, 4.69) is 9.46 Å². The van der Waals surface area contributed by atoms with Gasteiger partial charge in [-0.2, -0.15) is 4.72 Å². The highest BCUT2D eigenvalue weighted by molar-refractivity contribution is 7.89. The molecule has 5 nitrogen and oxygen atoms in total. The van der Waals surface area contributed by atoms with Crippen LogP contribution >= 0.6 is 0 Å². The second kappa shape index (κ2) is 6.89. The van der Waals surface area contributed by atoms with Crippen LogP contribution in [0.4, 0.5) is 4.39 Å². The van der Waals surface area contributed by atoms with Crippen LogP contribution in [-0.2, 0) is 19.6 Å². The van der Waals surface area contributed by atoms with E-state index in [0.29, 0.717) is 0 Å². The van der Waals surface area contributed by atoms with Crippen molar-refractivity contribution in [2.45, 2.75) is 17.9 Å². The van der Waals surface area contributed by atoms with Gasteiger partial charge in [0.15, 0.2) is 0 Å². The molecule has 0 fully saturated rings. The topological polar surface area (TPSA) is 72.5 Å². The zero-order valence-electron chi connectivity index (χ0n) is 12.6. The third-order valence-corrected chi connectivity index (χ3v) is 4.70. The summed E-state index contributed by atoms with van der Waals surface area (Å²) >= 11 is 0. The summed E-state index contributed by atoms with van der Waals surface area (Å²) in [7, 11) is -2.91. The van der Waals surface area contributed by atoms with Crippen LogP contribution in [0.2, 0.25) is 0 Å². The molecule has 1 N–H and O–H groups in total. The first-order valence-electron chi connectivity index (χ1n) is 6.76. The van der Waals surface area contributed by atoms with Crippen molar-refractivity contribution in [3.8, 4) is 0 Å². The second-order valence-corrected chi connectivity index (χ2v) is 6.63. The number of aryl methyl sites for hydroxylation is 1. The molecule has 0 aliphatic rings. The number of methoxy groups -OCH3 is 1. The van der Waals surface area contributed by atoms with Crippen molar-refractivity contribution >= 4 is 16.0 Å². The highest BCUT2D eigenvalue weighted by Gasteiger charge is 2.29. The molecule has 2 aromatic carbocycles. The highest BCUT2D eigenvalue weighted by Crippen LogP contribution is 2.21. The van der Waals surface area contributed by atoms with E-state index in [9.17, 15) is 17.6 Å². The van der Waals surface area contributed by atoms with Gasteiger partial charge in [0, 0.05) is 5.56 Å². The smallest absolute Gasteiger partial charge is 0.328 e. The minimum atomic E-state index is -4.01. The number of esters is 1. The molecule has 0 amide bonds. The molecule has 23 heavy (non-hydrogen) atoms. The number of rotatable bonds is 5. The van der Waals surface area contributed by atoms with E-state index in [1.807, 2.05) is 6.92 Å². The van der Waals surface area contributed by atoms with E-state index in [-0.39, 0.29) is 10.5 Å². The van der Waals surface area contributed by atoms with Crippen molar-refractivity contribution in [3.05, 3.63) is 65.5 Å². The van der Waals surface area contributed by atoms with Gasteiger partial charge in [-0.25, -0.2) is 17.6 Å². The van der Waals surface area contributed by atoms with Crippen molar-refractivity contribution in [2.24, 2.45) is 0 Å². The van der Waals surface area contributed by atoms with Crippen LogP contribution in [0, 0.1) is 12.7 Å². The lowest BCUT2D eigenvalue weighted by molar-refractivity contribution is -0.142. The van der Waals surface area contributed by atoms with Crippen LogP contribution in [0.1, 0.15) is 17.2 Å². The maximum atomic E-state index is 13.9. The molecule has 0 aliphatic carbocycles. The van der Waals surface area contributed by atoms with Crippen molar-refractivity contribution in [1.29, 1.82) is 0 Å². The van der Waals surface area contributed by atoms with E-state index >= 15 is 0 Å². The number of nitrogens with one attached hydrogen (secondary N) is 1. The summed E-state index contributed by atoms with van der Waals surface area (Å²) in [6, 6.07) is 10.0. The Hall–Kier alpha value is -2.25. The summed E-state index contributed by atoms with van der Waals surface area (Å²) in [5.41, 5.74) is 0.789. The SMILES string of the molecule is COC(=O)C(NS(=O)(=O)c1ccc(C)cc1)c1ccccc1F. The zero-order valence-corrected chi connectivity index (χ0v) is 13.4. The molecule has 122 valence electrons. The molecule has 2 aromatic rings. The van der Waals surface area contributed by atoms with Crippen molar-refractivity contribution < 1.29 is 22.3 Å². The van der Waals surface area contributed by atoms with Crippen molar-refractivity contribution in [3.63, 3.8) is 0 Å². The summed E-state index contributed by atoms with van der Waals surface area (Å²) in [6.07, 6.45) is 0. The molecule has 0 saturated carbocycles. The average molecular weight is 337 g/mol. The van der Waals surface area contributed by atoms with Crippen LogP contribution in [-0.4, -0.2) is 21.5 Å². The molecule has 0 heterocycles. The molecule has 7 heteroatoms. The molecular weight excluding hydrogens is 321 g/mol. The lowest BCUT2D eigenvalue weighted by Gasteiger charge is -2.17. The fourth-order valence-corrected chi connectivity index (χ4v) is 3.17. The quantitative estimate of drug-likeness (QED) is 0.850. The summed E-state index contributed by atoms with van der Waals surface area (Å²) in [6.45, 7) is 1.82. The normalized spacial score (nSPS) is 12.7. The molecule has 0 spiro atoms. The van der Waals surface area contributed by atoms with Gasteiger partial charge in [-0.05, 0) is 25.1 Å². The summed E-state index contributed by atoms with van der Waals surface area (Å²) in [5, 5.41) is 0. The third kappa shape index (κ3) is 3.94. The monoisotopic (exact) mass is 337 g/mol. The Morgan fingerprint density at radius 1 is 1.13 bits per heavy atom. The maximum Gasteiger partial charge on any atom is 0.328 e. The van der Waals surface area contributed by atoms with Crippen LogP contribution in [0.5, 0.6) is 0 Å². The predicted octanol–water partition coefficient (Wildman–Crippen LogP) is 2.33. The third-order valence-electron chi connectivity index (χ3n) is 3.26. The predicted molar refractivity (Wildman–Crippen MR) is 82.7 cm³/mol. The Labute approximate surface area is 134 Å². The lowest BCUT2D eigenvalue weighted by atomic mass is 10.1. The molecule has 0 saturated heterocycles. The Kier molecular flexibility index (Phi) is 5.12. The summed E-state index contributed by atoms with van der Waals surface area (Å²) < 4.78 is 45.5. The Morgan fingerprint density at radius 2 is 1.74 bits per heavy atom. The molecule has 0 bridgehead atoms. The van der Waals surface area contributed by atoms with Gasteiger partial charge in [-0.3, -0.25) is 0 Å². The van der Waals surface area contributed by atoms with Crippen LogP contribution in [0.15, 0.2) is 53.4 Å². The van der Waals surface area contributed by atoms with Gasteiger partial charge in [0.1, 0.15) is 11.9 Å². The zero-order chi connectivity index (χ0) is 17.0. The Bertz CT molecular complexity index is 803. The number of sulfonamides is 1. The molecule has 1 atom stereocenters. The molecule has 1 unspecified atom stereocenters. The Morgan fingerprint density at radius 3 is 2.30 bits per heavy atom. The van der Waals surface area contributed by atoms with Crippen LogP contribution < -0.4 is 4.72 Å². The van der Waals surface area contributed by atoms with Gasteiger partial charge in [0.05, 0.1) is 12.0 Å². The molecule has 2 rings (SSSR count). The number of halogens is 1. The lowest BCUT2D eigenvalue weighted by Crippen LogP contribution is -2.35. The van der Waals surface area contributed by atoms with Crippen LogP contribution in [0.25, 0.3) is 0 Å². The largest absolute Gasteiger partial charge is 0.468 e. The Balaban J connectivity index is 2.40. The summed E-state index contributed by atoms with van der Waals surface area (Å²) in [5.74, 6) is -1.60. The van der Waals surface area contributed by atoms with Gasteiger partial charge < -0.3 is 4.74 Å². The fraction of sp³-hybridized carbons (Fsp3) is 0.188. The van der Waals surface area contributed by atoms with E-state index in [1.165, 1.54) is 30.3 Å². The first-order chi connectivity index (χ1) is 10.8. The number of benzene rings is 2. The molecular formula is C16H16FNO4S. The van der Waals surface area contributed by atoms with Gasteiger partial charge in [0.2, 0.25) is 10.0 Å². The number of carbonyl (C=O) groups is 1. The van der Waals surface area contributed by atoms with E-state index in [4.69, 9.17) is 0 Å². The standard InChI is InChI=1S/C16H16FNO4S/c1-11-7-9-12(10-8-11)23(20,21)18-15(16(19)22-2)13-5-3-4-6-14(13)17/h3-10,15,18H,1-2H3. The molecule has 0 aromatic heterocycles. The average Bonchev–Trinajstić information content (AvgIpc) is 2.53. The second-order valence-electron chi connectivity index (χ2n) is 4.91. The first kappa shape index (κ1) is 17.1. The van der Waals surface area contributed by atoms with Crippen molar-refractivity contribution in [2.75, 3.05) is 7.11 Å². The van der Waals surface area contributed by atoms with E-state index in [0.717, 1.165) is 18.7 Å². The number of carbonyl (C=O) groups excluding carboxylic acids is 1. The van der Waals surface area contributed by atoms with Gasteiger partial charge in [-0.15, -0.1) is 0 Å². The van der Waals surface area contributed by atoms with Gasteiger partial charge in [0.25, 0.3) is 0 Å². The fourth-order valence-electron chi connectivity index (χ4n) is 2.01. The number of hydrogen-bond acceptors (Lipinski definition) is 4. The van der Waals surface area contributed by atoms with Crippen LogP contribution in [0.3, 0.4) is 0 Å². The van der Waals surface area contributed by atoms with Gasteiger partial charge in [-0.1, -0.05) is 35.9 Å². The molecule has 0 radical (unpaired) electrons. The highest BCUT2D eigenvalue weighted by atomic mass is 32.2. The van der Waals surface area contributed by atoms with Gasteiger partial charge >= 0.3 is 5.97 Å². The minimum absolute atomic E-state index is 0.0201. The van der Waals surface area contributed by atoms with E-state index < -0.39 is 27.9 Å².